The second-order valence-corrected chi connectivity index (χ2v) is 12.2. The van der Waals surface area contributed by atoms with Crippen LogP contribution in [0.3, 0.4) is 0 Å². The molecule has 1 aliphatic heterocycles. The summed E-state index contributed by atoms with van der Waals surface area (Å²) in [6.45, 7) is -2.73. The Morgan fingerprint density at radius 2 is 1.29 bits per heavy atom. The number of rotatable bonds is 9. The summed E-state index contributed by atoms with van der Waals surface area (Å²) in [5, 5.41) is 27.0. The van der Waals surface area contributed by atoms with Gasteiger partial charge in [-0.1, -0.05) is 0 Å². The summed E-state index contributed by atoms with van der Waals surface area (Å²) in [5.74, 6) is -0.708. The Hall–Kier alpha value is -1.42. The van der Waals surface area contributed by atoms with E-state index in [2.05, 4.69) is 0 Å². The van der Waals surface area contributed by atoms with Crippen LogP contribution in [0.5, 0.6) is 0 Å². The molecule has 3 N–H and O–H groups in total. The Bertz CT molecular complexity index is 408. The second kappa shape index (κ2) is 7.03. The molecule has 6 nitrogen and oxygen atoms in total. The molecule has 0 saturated carbocycles. The molecule has 0 atom stereocenters. The molecule has 0 saturated heterocycles. The van der Waals surface area contributed by atoms with Gasteiger partial charge in [0.2, 0.25) is 0 Å². The maximum atomic E-state index is 11.0. The summed E-state index contributed by atoms with van der Waals surface area (Å²) in [4.78, 5) is 32.9. The van der Waals surface area contributed by atoms with Crippen LogP contribution in [-0.2, 0) is 14.4 Å². The number of aliphatic carboxylic acids is 3. The number of hydrogen-bond donors (Lipinski definition) is 3. The number of allylic oxidation sites excluding steroid dienone is 1. The molecule has 0 spiro atoms. The Morgan fingerprint density at radius 3 is 1.57 bits per heavy atom. The van der Waals surface area contributed by atoms with Gasteiger partial charge in [-0.3, -0.25) is 0 Å². The Kier molecular flexibility index (Phi) is 5.90. The predicted octanol–water partition coefficient (Wildman–Crippen LogP) is 2.27. The second-order valence-electron chi connectivity index (χ2n) is 5.92. The zero-order chi connectivity index (χ0) is 16.0. The molecule has 0 amide bonds. The van der Waals surface area contributed by atoms with Gasteiger partial charge in [-0.15, -0.1) is 0 Å². The fourth-order valence-corrected chi connectivity index (χ4v) is 9.27. The van der Waals surface area contributed by atoms with Gasteiger partial charge >= 0.3 is 123 Å². The van der Waals surface area contributed by atoms with Crippen molar-refractivity contribution in [1.29, 1.82) is 0 Å². The van der Waals surface area contributed by atoms with E-state index in [4.69, 9.17) is 15.3 Å². The van der Waals surface area contributed by atoms with Crippen LogP contribution in [0.2, 0.25) is 0 Å². The normalized spacial score (nSPS) is 21.0. The third-order valence-electron chi connectivity index (χ3n) is 4.45. The summed E-state index contributed by atoms with van der Waals surface area (Å²) in [5.41, 5.74) is 0. The molecular weight excluding hydrogens is 295 g/mol. The molecule has 0 bridgehead atoms. The first-order chi connectivity index (χ1) is 9.77. The van der Waals surface area contributed by atoms with Crippen LogP contribution >= 0.6 is 6.60 Å². The van der Waals surface area contributed by atoms with Gasteiger partial charge in [0.05, 0.1) is 0 Å². The molecule has 21 heavy (non-hydrogen) atoms. The zero-order valence-corrected chi connectivity index (χ0v) is 12.9. The summed E-state index contributed by atoms with van der Waals surface area (Å²) < 4.78 is 0. The average Bonchev–Trinajstić information content (AvgIpc) is 2.43. The standard InChI is InChI=1S/C14H23O6P/c15-12(16)4-9-21(10-5-13(17)18,11-6-14(19)20)7-2-1-3-8-21/h2,7H,1,3-6,8-11H2,(H,15,16)(H,17,18)(H,19,20). The zero-order valence-electron chi connectivity index (χ0n) is 12.0. The predicted molar refractivity (Wildman–Crippen MR) is 81.5 cm³/mol. The van der Waals surface area contributed by atoms with Gasteiger partial charge in [-0.25, -0.2) is 0 Å². The fourth-order valence-electron chi connectivity index (χ4n) is 3.17. The van der Waals surface area contributed by atoms with E-state index in [9.17, 15) is 14.4 Å². The van der Waals surface area contributed by atoms with Crippen LogP contribution in [0.1, 0.15) is 32.1 Å². The SMILES string of the molecule is O=C(O)CCP1(CCC(=O)O)(CCC(=O)O)C=CCCC1. The first-order valence-electron chi connectivity index (χ1n) is 7.11. The quantitative estimate of drug-likeness (QED) is 0.562. The van der Waals surface area contributed by atoms with Gasteiger partial charge in [0, 0.05) is 0 Å². The number of hydrogen-bond acceptors (Lipinski definition) is 3. The van der Waals surface area contributed by atoms with E-state index in [0.29, 0.717) is 18.5 Å². The first-order valence-corrected chi connectivity index (χ1v) is 10.2. The molecule has 0 unspecified atom stereocenters. The summed E-state index contributed by atoms with van der Waals surface area (Å²) in [6, 6.07) is 0. The third kappa shape index (κ3) is 5.12. The van der Waals surface area contributed by atoms with E-state index in [1.807, 2.05) is 11.9 Å². The van der Waals surface area contributed by atoms with Crippen LogP contribution in [0.25, 0.3) is 0 Å². The van der Waals surface area contributed by atoms with E-state index in [0.717, 1.165) is 19.0 Å². The van der Waals surface area contributed by atoms with E-state index in [-0.39, 0.29) is 19.3 Å². The maximum absolute atomic E-state index is 11.0. The van der Waals surface area contributed by atoms with Gasteiger partial charge in [0.1, 0.15) is 0 Å². The van der Waals surface area contributed by atoms with E-state index in [1.54, 1.807) is 0 Å². The summed E-state index contributed by atoms with van der Waals surface area (Å²) in [7, 11) is 0. The van der Waals surface area contributed by atoms with Gasteiger partial charge < -0.3 is 0 Å². The molecule has 1 aliphatic rings. The van der Waals surface area contributed by atoms with Crippen molar-refractivity contribution in [3.63, 3.8) is 0 Å². The third-order valence-corrected chi connectivity index (χ3v) is 11.3. The molecule has 120 valence electrons. The van der Waals surface area contributed by atoms with Crippen molar-refractivity contribution in [3.8, 4) is 0 Å². The topological polar surface area (TPSA) is 112 Å². The Morgan fingerprint density at radius 1 is 0.857 bits per heavy atom. The summed E-state index contributed by atoms with van der Waals surface area (Å²) >= 11 is 0. The van der Waals surface area contributed by atoms with Gasteiger partial charge in [-0.2, -0.15) is 0 Å². The average molecular weight is 318 g/mol. The van der Waals surface area contributed by atoms with Crippen LogP contribution in [0, 0.1) is 0 Å². The van der Waals surface area contributed by atoms with Gasteiger partial charge in [0.25, 0.3) is 0 Å². The molecule has 1 heterocycles. The molecule has 0 aromatic heterocycles. The molecule has 0 fully saturated rings. The fraction of sp³-hybridized carbons (Fsp3) is 0.643. The number of carbonyl (C=O) groups is 3. The van der Waals surface area contributed by atoms with Crippen molar-refractivity contribution in [3.05, 3.63) is 11.9 Å². The molecule has 7 heteroatoms. The van der Waals surface area contributed by atoms with E-state index < -0.39 is 24.5 Å². The number of carboxylic acid groups (broad SMARTS) is 3. The first kappa shape index (κ1) is 17.6. The summed E-state index contributed by atoms with van der Waals surface area (Å²) in [6.07, 6.45) is 5.71. The van der Waals surface area contributed by atoms with E-state index >= 15 is 0 Å². The van der Waals surface area contributed by atoms with Crippen molar-refractivity contribution >= 4 is 24.5 Å². The van der Waals surface area contributed by atoms with Crippen LogP contribution < -0.4 is 0 Å². The molecule has 0 aromatic carbocycles. The van der Waals surface area contributed by atoms with Crippen molar-refractivity contribution in [2.45, 2.75) is 32.1 Å². The van der Waals surface area contributed by atoms with Crippen LogP contribution in [-0.4, -0.2) is 57.9 Å². The van der Waals surface area contributed by atoms with E-state index in [1.165, 1.54) is 0 Å². The van der Waals surface area contributed by atoms with Gasteiger partial charge in [0.15, 0.2) is 0 Å². The molecule has 0 radical (unpaired) electrons. The minimum absolute atomic E-state index is 0.0264. The monoisotopic (exact) mass is 318 g/mol. The Labute approximate surface area is 123 Å². The minimum atomic E-state index is -2.73. The van der Waals surface area contributed by atoms with Crippen LogP contribution in [0.4, 0.5) is 0 Å². The van der Waals surface area contributed by atoms with Crippen molar-refractivity contribution in [1.82, 2.24) is 0 Å². The number of carboxylic acids is 3. The van der Waals surface area contributed by atoms with Crippen molar-refractivity contribution in [2.24, 2.45) is 0 Å². The molecule has 0 aromatic rings. The van der Waals surface area contributed by atoms with Crippen LogP contribution in [0.15, 0.2) is 11.9 Å². The molecule has 1 rings (SSSR count). The van der Waals surface area contributed by atoms with Crippen molar-refractivity contribution < 1.29 is 29.7 Å². The Balaban J connectivity index is 3.08. The van der Waals surface area contributed by atoms with Gasteiger partial charge in [-0.05, 0) is 0 Å². The molecule has 0 aliphatic carbocycles. The van der Waals surface area contributed by atoms with Crippen molar-refractivity contribution in [2.75, 3.05) is 24.6 Å². The molecular formula is C14H23O6P.